The van der Waals surface area contributed by atoms with Gasteiger partial charge in [-0.05, 0) is 82.4 Å². The van der Waals surface area contributed by atoms with E-state index in [0.717, 1.165) is 62.0 Å². The smallest absolute Gasteiger partial charge is 0.290 e. The van der Waals surface area contributed by atoms with Crippen molar-refractivity contribution in [1.82, 2.24) is 9.97 Å². The van der Waals surface area contributed by atoms with E-state index in [9.17, 15) is 0 Å². The van der Waals surface area contributed by atoms with Crippen molar-refractivity contribution < 1.29 is 24.1 Å². The molecule has 0 radical (unpaired) electrons. The van der Waals surface area contributed by atoms with Crippen molar-refractivity contribution in [3.05, 3.63) is 71.4 Å². The molecule has 0 unspecified atom stereocenters. The van der Waals surface area contributed by atoms with Gasteiger partial charge in [0.1, 0.15) is 0 Å². The Morgan fingerprint density at radius 1 is 1.10 bits per heavy atom. The predicted molar refractivity (Wildman–Crippen MR) is 168 cm³/mol. The Balaban J connectivity index is 0.000000686. The summed E-state index contributed by atoms with van der Waals surface area (Å²) in [5.41, 5.74) is 6.26. The van der Waals surface area contributed by atoms with Gasteiger partial charge in [-0.1, -0.05) is 51.1 Å². The average Bonchev–Trinajstić information content (AvgIpc) is 2.92. The van der Waals surface area contributed by atoms with Crippen molar-refractivity contribution in [2.24, 2.45) is 5.41 Å². The highest BCUT2D eigenvalue weighted by atomic mass is 19.1. The molecule has 1 aliphatic rings. The third-order valence-electron chi connectivity index (χ3n) is 6.96. The summed E-state index contributed by atoms with van der Waals surface area (Å²) in [5.74, 6) is -0.365. The lowest BCUT2D eigenvalue weighted by Crippen LogP contribution is -2.38. The highest BCUT2D eigenvalue weighted by Crippen LogP contribution is 2.40. The third-order valence-corrected chi connectivity index (χ3v) is 6.96. The topological polar surface area (TPSA) is 95.8 Å². The van der Waals surface area contributed by atoms with Crippen LogP contribution < -0.4 is 9.64 Å². The van der Waals surface area contributed by atoms with Gasteiger partial charge >= 0.3 is 0 Å². The van der Waals surface area contributed by atoms with E-state index in [1.54, 1.807) is 33.0 Å². The lowest BCUT2D eigenvalue weighted by molar-refractivity contribution is -0.122. The molecule has 3 aromatic rings. The first-order valence-corrected chi connectivity index (χ1v) is 14.7. The molecule has 3 heterocycles. The number of aryl methyl sites for hydroxylation is 2. The third kappa shape index (κ3) is 11.4. The normalized spacial score (nSPS) is 14.2. The quantitative estimate of drug-likeness (QED) is 0.213. The summed E-state index contributed by atoms with van der Waals surface area (Å²) < 4.78 is 20.7. The molecule has 1 aromatic carbocycles. The molecule has 0 aliphatic carbocycles. The van der Waals surface area contributed by atoms with Crippen molar-refractivity contribution in [2.45, 2.75) is 86.2 Å². The molecule has 1 saturated heterocycles. The van der Waals surface area contributed by atoms with E-state index in [4.69, 9.17) is 19.7 Å². The number of piperidine rings is 1. The number of carbonyl (C=O) groups is 1. The fourth-order valence-electron chi connectivity index (χ4n) is 4.73. The van der Waals surface area contributed by atoms with Crippen LogP contribution in [0.15, 0.2) is 48.8 Å². The number of ether oxygens (including phenoxy) is 1. The number of nitrogens with zero attached hydrogens (tertiary/aromatic N) is 3. The summed E-state index contributed by atoms with van der Waals surface area (Å²) in [5, 5.41) is 15.4. The van der Waals surface area contributed by atoms with Gasteiger partial charge in [0.15, 0.2) is 5.82 Å². The van der Waals surface area contributed by atoms with Gasteiger partial charge in [-0.3, -0.25) is 9.78 Å². The number of anilines is 1. The van der Waals surface area contributed by atoms with Gasteiger partial charge in [0.05, 0.1) is 17.9 Å². The Morgan fingerprint density at radius 3 is 2.24 bits per heavy atom. The monoisotopic (exact) mass is 581 g/mol. The molecule has 2 aromatic heterocycles. The van der Waals surface area contributed by atoms with Crippen LogP contribution in [0, 0.1) is 18.2 Å². The van der Waals surface area contributed by atoms with Crippen molar-refractivity contribution in [2.75, 3.05) is 24.6 Å². The van der Waals surface area contributed by atoms with E-state index in [1.165, 1.54) is 16.8 Å². The highest BCUT2D eigenvalue weighted by molar-refractivity contribution is 5.81. The molecule has 1 fully saturated rings. The highest BCUT2D eigenvalue weighted by Gasteiger charge is 2.28. The van der Waals surface area contributed by atoms with E-state index in [-0.39, 0.29) is 12.4 Å². The Bertz CT molecular complexity index is 1240. The molecule has 0 amide bonds. The molecular weight excluding hydrogens is 533 g/mol. The molecule has 1 aliphatic heterocycles. The molecule has 2 N–H and O–H groups in total. The summed E-state index contributed by atoms with van der Waals surface area (Å²) in [6.07, 6.45) is 8.47. The van der Waals surface area contributed by atoms with E-state index in [1.807, 2.05) is 24.4 Å². The van der Waals surface area contributed by atoms with Crippen molar-refractivity contribution in [1.29, 1.82) is 0 Å². The zero-order valence-corrected chi connectivity index (χ0v) is 26.3. The van der Waals surface area contributed by atoms with Crippen LogP contribution in [0.5, 0.6) is 5.88 Å². The molecule has 42 heavy (non-hydrogen) atoms. The number of hydrogen-bond donors (Lipinski definition) is 2. The minimum Gasteiger partial charge on any atom is -0.483 e. The zero-order chi connectivity index (χ0) is 31.3. The molecule has 0 bridgehead atoms. The van der Waals surface area contributed by atoms with Gasteiger partial charge in [0.2, 0.25) is 5.88 Å². The fourth-order valence-corrected chi connectivity index (χ4v) is 4.73. The summed E-state index contributed by atoms with van der Waals surface area (Å²) in [7, 11) is 0. The largest absolute Gasteiger partial charge is 0.483 e. The second-order valence-electron chi connectivity index (χ2n) is 12.3. The van der Waals surface area contributed by atoms with E-state index >= 15 is 4.39 Å². The van der Waals surface area contributed by atoms with Crippen LogP contribution in [0.1, 0.15) is 77.6 Å². The van der Waals surface area contributed by atoms with Crippen LogP contribution in [-0.4, -0.2) is 52.0 Å². The van der Waals surface area contributed by atoms with Crippen molar-refractivity contribution in [3.63, 3.8) is 0 Å². The van der Waals surface area contributed by atoms with Crippen LogP contribution in [0.3, 0.4) is 0 Å². The van der Waals surface area contributed by atoms with Gasteiger partial charge in [-0.25, -0.2) is 9.37 Å². The molecule has 4 rings (SSSR count). The summed E-state index contributed by atoms with van der Waals surface area (Å²) in [6, 6.07) is 11.8. The average molecular weight is 582 g/mol. The number of hydrogen-bond acceptors (Lipinski definition) is 6. The maximum absolute atomic E-state index is 15.0. The molecule has 8 heteroatoms. The number of benzene rings is 1. The second-order valence-corrected chi connectivity index (χ2v) is 12.3. The maximum atomic E-state index is 15.0. The van der Waals surface area contributed by atoms with Gasteiger partial charge in [-0.15, -0.1) is 0 Å². The fraction of sp³-hybridized carbons (Fsp3) is 0.500. The second kappa shape index (κ2) is 16.2. The van der Waals surface area contributed by atoms with Gasteiger partial charge in [-0.2, -0.15) is 0 Å². The van der Waals surface area contributed by atoms with Crippen LogP contribution in [0.4, 0.5) is 10.1 Å². The zero-order valence-electron chi connectivity index (χ0n) is 26.3. The SMILES string of the molecule is CC(C)(C)O.CCc1c(C)ncc(-c2cnc(OCCCc3ccccc3)c(F)c2)c1N1CCC(C)(C)CC1.O=CO. The number of pyridine rings is 2. The summed E-state index contributed by atoms with van der Waals surface area (Å²) in [6.45, 7) is 16.3. The number of rotatable bonds is 8. The van der Waals surface area contributed by atoms with E-state index in [2.05, 4.69) is 54.7 Å². The number of aliphatic hydroxyl groups is 1. The van der Waals surface area contributed by atoms with E-state index < -0.39 is 11.4 Å². The Morgan fingerprint density at radius 2 is 1.69 bits per heavy atom. The molecule has 7 nitrogen and oxygen atoms in total. The van der Waals surface area contributed by atoms with Gasteiger partial charge in [0, 0.05) is 42.3 Å². The molecule has 0 spiro atoms. The standard InChI is InChI=1S/C29H36FN3O.C4H10O.CH2O2/c1-5-24-21(2)31-20-25(27(24)33-15-13-29(3,4)14-16-33)23-18-26(30)28(32-19-23)34-17-9-12-22-10-7-6-8-11-22;1-4(2,3)5;2-1-3/h6-8,10-11,18-20H,5,9,12-17H2,1-4H3;5H,1-3H3;1H,(H,2,3). The minimum atomic E-state index is -0.500. The van der Waals surface area contributed by atoms with Crippen LogP contribution >= 0.6 is 0 Å². The summed E-state index contributed by atoms with van der Waals surface area (Å²) in [4.78, 5) is 19.8. The Labute approximate surface area is 250 Å². The van der Waals surface area contributed by atoms with Gasteiger partial charge in [0.25, 0.3) is 6.47 Å². The molecule has 0 atom stereocenters. The number of aromatic nitrogens is 2. The first-order chi connectivity index (χ1) is 19.8. The molecular formula is C34H48FN3O4. The Hall–Kier alpha value is -3.52. The number of carboxylic acid groups (broad SMARTS) is 1. The summed E-state index contributed by atoms with van der Waals surface area (Å²) >= 11 is 0. The maximum Gasteiger partial charge on any atom is 0.290 e. The van der Waals surface area contributed by atoms with Crippen LogP contribution in [0.25, 0.3) is 11.1 Å². The van der Waals surface area contributed by atoms with Gasteiger partial charge < -0.3 is 19.8 Å². The van der Waals surface area contributed by atoms with Crippen LogP contribution in [-0.2, 0) is 17.6 Å². The molecule has 230 valence electrons. The van der Waals surface area contributed by atoms with Crippen molar-refractivity contribution in [3.8, 4) is 17.0 Å². The Kier molecular flexibility index (Phi) is 13.4. The lowest BCUT2D eigenvalue weighted by Gasteiger charge is -2.40. The lowest BCUT2D eigenvalue weighted by atomic mass is 9.82. The predicted octanol–water partition coefficient (Wildman–Crippen LogP) is 7.27. The first-order valence-electron chi connectivity index (χ1n) is 14.7. The number of halogens is 1. The first kappa shape index (κ1) is 34.7. The minimum absolute atomic E-state index is 0.0638. The van der Waals surface area contributed by atoms with E-state index in [0.29, 0.717) is 12.0 Å². The molecule has 0 saturated carbocycles. The van der Waals surface area contributed by atoms with Crippen LogP contribution in [0.2, 0.25) is 0 Å². The van der Waals surface area contributed by atoms with Crippen molar-refractivity contribution >= 4 is 12.2 Å².